The van der Waals surface area contributed by atoms with Gasteiger partial charge in [-0.2, -0.15) is 0 Å². The second-order valence-electron chi connectivity index (χ2n) is 1.21. The van der Waals surface area contributed by atoms with Crippen LogP contribution >= 0.6 is 0 Å². The van der Waals surface area contributed by atoms with Crippen molar-refractivity contribution < 1.29 is 42.1 Å². The zero-order valence-corrected chi connectivity index (χ0v) is 6.75. The molecule has 0 saturated carbocycles. The van der Waals surface area contributed by atoms with Gasteiger partial charge >= 0.3 is 73.1 Å². The molecular formula is C5H3Ag2N. The molecule has 0 radical (unpaired) electrons. The Morgan fingerprint density at radius 2 is 2.12 bits per heavy atom. The van der Waals surface area contributed by atoms with Crippen LogP contribution in [0.1, 0.15) is 0 Å². The van der Waals surface area contributed by atoms with Crippen molar-refractivity contribution in [3.05, 3.63) is 18.3 Å². The molecule has 1 heterocycles. The molecule has 0 fully saturated rings. The molecule has 8 heavy (non-hydrogen) atoms. The molecule has 1 rings (SSSR count). The zero-order valence-electron chi connectivity index (χ0n) is 3.78. The summed E-state index contributed by atoms with van der Waals surface area (Å²) in [4.78, 5) is 3.93. The molecule has 0 saturated heterocycles. The number of rotatable bonds is 0. The van der Waals surface area contributed by atoms with Crippen LogP contribution in [-0.4, -0.2) is 4.98 Å². The Kier molecular flexibility index (Phi) is 2.50. The van der Waals surface area contributed by atoms with Gasteiger partial charge in [-0.3, -0.25) is 0 Å². The molecule has 0 bridgehead atoms. The molecule has 0 aliphatic carbocycles. The molecular weight excluding hydrogens is 290 g/mol. The van der Waals surface area contributed by atoms with Crippen LogP contribution in [0.25, 0.3) is 0 Å². The summed E-state index contributed by atoms with van der Waals surface area (Å²) < 4.78 is 1.89. The molecule has 0 amide bonds. The Bertz CT molecular complexity index is 170. The molecule has 0 aliphatic rings. The third-order valence-corrected chi connectivity index (χ3v) is 1.51. The van der Waals surface area contributed by atoms with Gasteiger partial charge < -0.3 is 0 Å². The molecule has 3 heteroatoms. The summed E-state index contributed by atoms with van der Waals surface area (Å²) in [5, 5.41) is 0. The SMILES string of the molecule is [Ag][c]1ccn[c]([Ag])c1. The van der Waals surface area contributed by atoms with Crippen LogP contribution in [0.2, 0.25) is 0 Å². The van der Waals surface area contributed by atoms with Gasteiger partial charge in [-0.1, -0.05) is 0 Å². The first-order valence-electron chi connectivity index (χ1n) is 1.98. The van der Waals surface area contributed by atoms with Gasteiger partial charge in [-0.05, 0) is 0 Å². The summed E-state index contributed by atoms with van der Waals surface area (Å²) in [6.07, 6.45) is 1.73. The molecule has 1 aromatic rings. The minimum absolute atomic E-state index is 0.850. The van der Waals surface area contributed by atoms with Gasteiger partial charge in [0.15, 0.2) is 0 Å². The van der Waals surface area contributed by atoms with Crippen LogP contribution in [0.3, 0.4) is 0 Å². The fourth-order valence-electron chi connectivity index (χ4n) is 0.349. The van der Waals surface area contributed by atoms with E-state index in [0.717, 1.165) is 7.69 Å². The van der Waals surface area contributed by atoms with E-state index < -0.39 is 0 Å². The summed E-state index contributed by atoms with van der Waals surface area (Å²) >= 11 is 6.55. The first kappa shape index (κ1) is 6.75. The van der Waals surface area contributed by atoms with Crippen LogP contribution in [0.5, 0.6) is 0 Å². The van der Waals surface area contributed by atoms with Gasteiger partial charge in [-0.25, -0.2) is 0 Å². The maximum absolute atomic E-state index is 3.93. The Hall–Kier alpha value is 0.631. The van der Waals surface area contributed by atoms with Crippen LogP contribution in [0.4, 0.5) is 0 Å². The summed E-state index contributed by atoms with van der Waals surface area (Å²) in [7, 11) is 0. The van der Waals surface area contributed by atoms with E-state index in [2.05, 4.69) is 47.1 Å². The number of hydrogen-bond acceptors (Lipinski definition) is 1. The summed E-state index contributed by atoms with van der Waals surface area (Å²) in [5.41, 5.74) is 0. The average molecular weight is 293 g/mol. The van der Waals surface area contributed by atoms with Crippen molar-refractivity contribution in [2.24, 2.45) is 0 Å². The van der Waals surface area contributed by atoms with Crippen LogP contribution in [0.15, 0.2) is 18.3 Å². The predicted molar refractivity (Wildman–Crippen MR) is 23.5 cm³/mol. The molecule has 0 atom stereocenters. The monoisotopic (exact) mass is 291 g/mol. The summed E-state index contributed by atoms with van der Waals surface area (Å²) in [5.74, 6) is 0. The molecule has 0 aromatic carbocycles. The van der Waals surface area contributed by atoms with Crippen molar-refractivity contribution in [1.82, 2.24) is 4.98 Å². The molecule has 0 spiro atoms. The first-order valence-corrected chi connectivity index (χ1v) is 3.46. The topological polar surface area (TPSA) is 12.9 Å². The van der Waals surface area contributed by atoms with E-state index in [1.54, 1.807) is 6.20 Å². The third-order valence-electron chi connectivity index (χ3n) is 0.644. The van der Waals surface area contributed by atoms with Crippen LogP contribution in [-0.2, 0) is 42.1 Å². The van der Waals surface area contributed by atoms with Crippen molar-refractivity contribution in [3.8, 4) is 0 Å². The molecule has 0 unspecified atom stereocenters. The van der Waals surface area contributed by atoms with E-state index >= 15 is 0 Å². The second-order valence-corrected chi connectivity index (χ2v) is 2.83. The van der Waals surface area contributed by atoms with Gasteiger partial charge in [0.2, 0.25) is 0 Å². The fraction of sp³-hybridized carbons (Fsp3) is 0. The molecule has 1 nitrogen and oxygen atoms in total. The van der Waals surface area contributed by atoms with Crippen molar-refractivity contribution in [3.63, 3.8) is 0 Å². The third kappa shape index (κ3) is 1.86. The minimum atomic E-state index is 0.850. The van der Waals surface area contributed by atoms with Crippen molar-refractivity contribution in [2.75, 3.05) is 0 Å². The maximum atomic E-state index is 3.93. The molecule has 1 aromatic heterocycles. The quantitative estimate of drug-likeness (QED) is 0.584. The van der Waals surface area contributed by atoms with E-state index in [4.69, 9.17) is 0 Å². The number of nitrogens with zero attached hydrogens (tertiary/aromatic N) is 1. The number of aromatic nitrogens is 1. The zero-order chi connectivity index (χ0) is 5.98. The standard InChI is InChI=1S/C5H3N.2Ag/c1-2-4-6-5-3-1;;/h2-4H;;. The van der Waals surface area contributed by atoms with Crippen LogP contribution in [0, 0.1) is 0 Å². The van der Waals surface area contributed by atoms with Gasteiger partial charge in [0.1, 0.15) is 0 Å². The van der Waals surface area contributed by atoms with Crippen molar-refractivity contribution >= 4 is 7.69 Å². The summed E-state index contributed by atoms with van der Waals surface area (Å²) in [6, 6.07) is 3.76. The average Bonchev–Trinajstić information content (AvgIpc) is 1.64. The number of pyridine rings is 1. The molecule has 0 aliphatic heterocycles. The predicted octanol–water partition coefficient (Wildman–Crippen LogP) is -0.574. The van der Waals surface area contributed by atoms with Gasteiger partial charge in [0.25, 0.3) is 0 Å². The van der Waals surface area contributed by atoms with Crippen LogP contribution < -0.4 is 7.69 Å². The normalized spacial score (nSPS) is 9.50. The van der Waals surface area contributed by atoms with E-state index in [1.165, 1.54) is 0 Å². The Labute approximate surface area is 72.7 Å². The molecule has 0 N–H and O–H groups in total. The van der Waals surface area contributed by atoms with Gasteiger partial charge in [0, 0.05) is 0 Å². The Morgan fingerprint density at radius 1 is 1.38 bits per heavy atom. The van der Waals surface area contributed by atoms with E-state index in [0.29, 0.717) is 0 Å². The summed E-state index contributed by atoms with van der Waals surface area (Å²) in [6.45, 7) is 0. The fourth-order valence-corrected chi connectivity index (χ4v) is 1.23. The Morgan fingerprint density at radius 3 is 2.50 bits per heavy atom. The van der Waals surface area contributed by atoms with E-state index in [1.807, 2.05) is 12.1 Å². The van der Waals surface area contributed by atoms with Crippen molar-refractivity contribution in [1.29, 1.82) is 0 Å². The first-order chi connectivity index (χ1) is 3.79. The van der Waals surface area contributed by atoms with E-state index in [-0.39, 0.29) is 0 Å². The second kappa shape index (κ2) is 2.97. The molecule has 50 valence electrons. The number of hydrogen-bond donors (Lipinski definition) is 0. The van der Waals surface area contributed by atoms with E-state index in [9.17, 15) is 0 Å². The van der Waals surface area contributed by atoms with Crippen molar-refractivity contribution in [2.45, 2.75) is 0 Å². The van der Waals surface area contributed by atoms with Gasteiger partial charge in [-0.15, -0.1) is 0 Å². The van der Waals surface area contributed by atoms with Gasteiger partial charge in [0.05, 0.1) is 0 Å². The Balaban J connectivity index is 3.08.